The van der Waals surface area contributed by atoms with Gasteiger partial charge in [0.25, 0.3) is 0 Å². The van der Waals surface area contributed by atoms with Crippen molar-refractivity contribution in [3.8, 4) is 11.5 Å². The Morgan fingerprint density at radius 1 is 1.24 bits per heavy atom. The van der Waals surface area contributed by atoms with E-state index in [-0.39, 0.29) is 11.7 Å². The maximum absolute atomic E-state index is 11.8. The number of ether oxygens (including phenoxy) is 1. The van der Waals surface area contributed by atoms with Crippen LogP contribution in [-0.2, 0) is 29.5 Å². The maximum atomic E-state index is 11.8. The van der Waals surface area contributed by atoms with Gasteiger partial charge in [-0.25, -0.2) is 13.1 Å². The highest BCUT2D eigenvalue weighted by atomic mass is 32.2. The van der Waals surface area contributed by atoms with Gasteiger partial charge in [0, 0.05) is 38.2 Å². The Bertz CT molecular complexity index is 958. The van der Waals surface area contributed by atoms with E-state index in [1.54, 1.807) is 6.07 Å². The first-order valence-corrected chi connectivity index (χ1v) is 11.5. The summed E-state index contributed by atoms with van der Waals surface area (Å²) in [6, 6.07) is 5.05. The van der Waals surface area contributed by atoms with Gasteiger partial charge < -0.3 is 14.4 Å². The van der Waals surface area contributed by atoms with E-state index in [4.69, 9.17) is 4.74 Å². The van der Waals surface area contributed by atoms with Crippen LogP contribution in [0.2, 0.25) is 0 Å². The van der Waals surface area contributed by atoms with Crippen LogP contribution < -0.4 is 9.46 Å². The number of aromatic hydroxyl groups is 1. The second-order valence-corrected chi connectivity index (χ2v) is 9.51. The fourth-order valence-electron chi connectivity index (χ4n) is 3.60. The first-order chi connectivity index (χ1) is 13.7. The molecule has 2 aromatic rings. The predicted molar refractivity (Wildman–Crippen MR) is 109 cm³/mol. The Hall–Kier alpha value is -2.17. The van der Waals surface area contributed by atoms with Gasteiger partial charge in [0.1, 0.15) is 5.82 Å². The highest BCUT2D eigenvalue weighted by molar-refractivity contribution is 7.88. The summed E-state index contributed by atoms with van der Waals surface area (Å²) in [5.41, 5.74) is 0.807. The number of phenols is 1. The lowest BCUT2D eigenvalue weighted by molar-refractivity contribution is 0.263. The van der Waals surface area contributed by atoms with Crippen LogP contribution in [0.15, 0.2) is 18.2 Å². The van der Waals surface area contributed by atoms with Gasteiger partial charge in [-0.1, -0.05) is 26.0 Å². The molecule has 1 aromatic heterocycles. The van der Waals surface area contributed by atoms with E-state index in [1.807, 2.05) is 30.5 Å². The zero-order valence-electron chi connectivity index (χ0n) is 17.3. The van der Waals surface area contributed by atoms with Crippen molar-refractivity contribution >= 4 is 10.0 Å². The number of para-hydroxylation sites is 1. The van der Waals surface area contributed by atoms with Crippen molar-refractivity contribution in [2.45, 2.75) is 39.4 Å². The average Bonchev–Trinajstić information content (AvgIpc) is 2.94. The molecule has 0 amide bonds. The monoisotopic (exact) mass is 423 g/mol. The van der Waals surface area contributed by atoms with Gasteiger partial charge in [-0.2, -0.15) is 0 Å². The second-order valence-electron chi connectivity index (χ2n) is 7.73. The zero-order chi connectivity index (χ0) is 21.2. The number of sulfonamides is 1. The molecule has 29 heavy (non-hydrogen) atoms. The molecule has 160 valence electrons. The number of hydrogen-bond acceptors (Lipinski definition) is 7. The third kappa shape index (κ3) is 5.06. The molecule has 0 bridgehead atoms. The van der Waals surface area contributed by atoms with E-state index in [2.05, 4.69) is 19.8 Å². The molecular formula is C19H29N5O4S. The summed E-state index contributed by atoms with van der Waals surface area (Å²) in [4.78, 5) is 2.24. The van der Waals surface area contributed by atoms with Gasteiger partial charge >= 0.3 is 0 Å². The molecule has 2 N–H and O–H groups in total. The smallest absolute Gasteiger partial charge is 0.209 e. The average molecular weight is 424 g/mol. The van der Waals surface area contributed by atoms with Crippen LogP contribution in [0, 0.1) is 5.92 Å². The number of fused-ring (bicyclic) bond motifs is 1. The molecule has 0 saturated carbocycles. The zero-order valence-corrected chi connectivity index (χ0v) is 18.1. The first kappa shape index (κ1) is 21.5. The minimum atomic E-state index is -3.37. The third-order valence-electron chi connectivity index (χ3n) is 5.13. The summed E-state index contributed by atoms with van der Waals surface area (Å²) in [6.45, 7) is 6.65. The number of rotatable bonds is 7. The standard InChI is InChI=1S/C19H29N5O4S/c1-13(2)17(22-29(4,26)27)19-21-20-16-8-9-23(10-11-24(16)19)12-14-6-5-7-15(28-3)18(14)25/h5-7,13,17,22,25H,8-12H2,1-4H3/t17-/m0/s1. The van der Waals surface area contributed by atoms with E-state index >= 15 is 0 Å². The normalized spacial score (nSPS) is 16.4. The molecule has 0 unspecified atom stereocenters. The van der Waals surface area contributed by atoms with Gasteiger partial charge in [-0.15, -0.1) is 10.2 Å². The van der Waals surface area contributed by atoms with E-state index in [0.29, 0.717) is 31.1 Å². The number of nitrogens with one attached hydrogen (secondary N) is 1. The van der Waals surface area contributed by atoms with E-state index in [9.17, 15) is 13.5 Å². The fraction of sp³-hybridized carbons (Fsp3) is 0.579. The lowest BCUT2D eigenvalue weighted by Gasteiger charge is -2.23. The third-order valence-corrected chi connectivity index (χ3v) is 5.81. The van der Waals surface area contributed by atoms with Crippen LogP contribution in [-0.4, -0.2) is 59.6 Å². The number of phenolic OH excluding ortho intramolecular Hbond substituents is 1. The summed E-state index contributed by atoms with van der Waals surface area (Å²) in [7, 11) is -1.84. The van der Waals surface area contributed by atoms with E-state index in [0.717, 1.165) is 30.7 Å². The summed E-state index contributed by atoms with van der Waals surface area (Å²) in [5, 5.41) is 19.0. The van der Waals surface area contributed by atoms with Crippen molar-refractivity contribution in [1.29, 1.82) is 0 Å². The minimum Gasteiger partial charge on any atom is -0.504 e. The Morgan fingerprint density at radius 2 is 2.00 bits per heavy atom. The quantitative estimate of drug-likeness (QED) is 0.691. The number of methoxy groups -OCH3 is 1. The summed E-state index contributed by atoms with van der Waals surface area (Å²) < 4.78 is 33.5. The van der Waals surface area contributed by atoms with Crippen molar-refractivity contribution in [3.63, 3.8) is 0 Å². The molecule has 1 aliphatic rings. The first-order valence-electron chi connectivity index (χ1n) is 9.66. The second kappa shape index (κ2) is 8.68. The van der Waals surface area contributed by atoms with Crippen molar-refractivity contribution < 1.29 is 18.3 Å². The van der Waals surface area contributed by atoms with Crippen molar-refractivity contribution in [2.75, 3.05) is 26.5 Å². The highest BCUT2D eigenvalue weighted by Gasteiger charge is 2.28. The fourth-order valence-corrected chi connectivity index (χ4v) is 4.43. The predicted octanol–water partition coefficient (Wildman–Crippen LogP) is 1.30. The molecule has 0 fully saturated rings. The molecule has 10 heteroatoms. The Kier molecular flexibility index (Phi) is 6.45. The van der Waals surface area contributed by atoms with Gasteiger partial charge in [-0.3, -0.25) is 4.90 Å². The van der Waals surface area contributed by atoms with Gasteiger partial charge in [0.05, 0.1) is 19.4 Å². The summed E-state index contributed by atoms with van der Waals surface area (Å²) >= 11 is 0. The molecule has 2 heterocycles. The number of benzene rings is 1. The van der Waals surface area contributed by atoms with Crippen LogP contribution in [0.3, 0.4) is 0 Å². The molecule has 0 spiro atoms. The van der Waals surface area contributed by atoms with Crippen LogP contribution >= 0.6 is 0 Å². The van der Waals surface area contributed by atoms with Gasteiger partial charge in [-0.05, 0) is 12.0 Å². The van der Waals surface area contributed by atoms with Gasteiger partial charge in [0.15, 0.2) is 17.3 Å². The van der Waals surface area contributed by atoms with Crippen LogP contribution in [0.5, 0.6) is 11.5 Å². The molecule has 1 atom stereocenters. The van der Waals surface area contributed by atoms with Crippen LogP contribution in [0.1, 0.15) is 37.1 Å². The summed E-state index contributed by atoms with van der Waals surface area (Å²) in [6.07, 6.45) is 1.85. The SMILES string of the molecule is COc1cccc(CN2CCc3nnc([C@@H](NS(C)(=O)=O)C(C)C)n3CC2)c1O. The molecule has 1 aliphatic heterocycles. The molecule has 0 saturated heterocycles. The summed E-state index contributed by atoms with van der Waals surface area (Å²) in [5.74, 6) is 2.15. The molecular weight excluding hydrogens is 394 g/mol. The van der Waals surface area contributed by atoms with Crippen LogP contribution in [0.4, 0.5) is 0 Å². The number of aromatic nitrogens is 3. The highest BCUT2D eigenvalue weighted by Crippen LogP contribution is 2.30. The topological polar surface area (TPSA) is 110 Å². The Labute approximate surface area is 171 Å². The number of nitrogens with zero attached hydrogens (tertiary/aromatic N) is 4. The van der Waals surface area contributed by atoms with Crippen molar-refractivity contribution in [3.05, 3.63) is 35.4 Å². The Morgan fingerprint density at radius 3 is 2.66 bits per heavy atom. The Balaban J connectivity index is 1.77. The van der Waals surface area contributed by atoms with Crippen molar-refractivity contribution in [1.82, 2.24) is 24.4 Å². The van der Waals surface area contributed by atoms with E-state index in [1.165, 1.54) is 7.11 Å². The molecule has 1 aromatic carbocycles. The largest absolute Gasteiger partial charge is 0.504 e. The molecule has 0 aliphatic carbocycles. The van der Waals surface area contributed by atoms with Crippen LogP contribution in [0.25, 0.3) is 0 Å². The van der Waals surface area contributed by atoms with Crippen molar-refractivity contribution in [2.24, 2.45) is 5.92 Å². The molecule has 0 radical (unpaired) electrons. The van der Waals surface area contributed by atoms with E-state index < -0.39 is 16.1 Å². The molecule has 9 nitrogen and oxygen atoms in total. The lowest BCUT2D eigenvalue weighted by Crippen LogP contribution is -2.33. The maximum Gasteiger partial charge on any atom is 0.209 e. The lowest BCUT2D eigenvalue weighted by atomic mass is 10.1. The molecule has 3 rings (SSSR count). The minimum absolute atomic E-state index is 0.0334. The van der Waals surface area contributed by atoms with Gasteiger partial charge in [0.2, 0.25) is 10.0 Å². The number of hydrogen-bond donors (Lipinski definition) is 2.